The van der Waals surface area contributed by atoms with Gasteiger partial charge in [-0.25, -0.2) is 8.42 Å². The van der Waals surface area contributed by atoms with E-state index in [2.05, 4.69) is 9.82 Å². The molecule has 3 aromatic carbocycles. The quantitative estimate of drug-likeness (QED) is 0.232. The van der Waals surface area contributed by atoms with E-state index < -0.39 is 33.5 Å². The number of nitrogens with one attached hydrogen (secondary N) is 1. The number of aromatic nitrogens is 2. The fourth-order valence-corrected chi connectivity index (χ4v) is 7.66. The monoisotopic (exact) mass is 655 g/mol. The lowest BCUT2D eigenvalue weighted by Gasteiger charge is -2.35. The van der Waals surface area contributed by atoms with Crippen LogP contribution >= 0.6 is 11.6 Å². The molecule has 0 spiro atoms. The largest absolute Gasteiger partial charge is 0.341 e. The maximum atomic E-state index is 16.4. The Bertz CT molecular complexity index is 1770. The average Bonchev–Trinajstić information content (AvgIpc) is 3.70. The second-order valence-electron chi connectivity index (χ2n) is 12.1. The normalized spacial score (nSPS) is 17.6. The maximum absolute atomic E-state index is 16.4. The Labute approximate surface area is 266 Å². The van der Waals surface area contributed by atoms with Crippen LogP contribution in [0, 0.1) is 5.92 Å². The SMILES string of the molecule is NC1CCN(C(=O)[C@H](NS(=O)(=O)c2ccc3c(cnn3CC3CCCC3)c2)C(F)(F)c2ccc(-c3ccc(Cl)cc3)cc2)CC1. The average molecular weight is 656 g/mol. The molecule has 1 amide bonds. The Balaban J connectivity index is 1.29. The molecule has 0 radical (unpaired) electrons. The third-order valence-corrected chi connectivity index (χ3v) is 10.7. The lowest BCUT2D eigenvalue weighted by Crippen LogP contribution is -2.57. The minimum Gasteiger partial charge on any atom is -0.341 e. The van der Waals surface area contributed by atoms with E-state index in [1.165, 1.54) is 54.1 Å². The lowest BCUT2D eigenvalue weighted by atomic mass is 9.96. The third kappa shape index (κ3) is 6.77. The van der Waals surface area contributed by atoms with Gasteiger partial charge >= 0.3 is 0 Å². The van der Waals surface area contributed by atoms with E-state index in [-0.39, 0.29) is 24.0 Å². The minimum atomic E-state index is -4.56. The highest BCUT2D eigenvalue weighted by Gasteiger charge is 2.50. The molecule has 6 rings (SSSR count). The summed E-state index contributed by atoms with van der Waals surface area (Å²) in [5, 5.41) is 5.58. The zero-order chi connectivity index (χ0) is 31.8. The van der Waals surface area contributed by atoms with Gasteiger partial charge < -0.3 is 10.6 Å². The highest BCUT2D eigenvalue weighted by molar-refractivity contribution is 7.89. The van der Waals surface area contributed by atoms with Crippen molar-refractivity contribution in [3.63, 3.8) is 0 Å². The molecule has 1 aromatic heterocycles. The van der Waals surface area contributed by atoms with E-state index in [1.54, 1.807) is 36.5 Å². The van der Waals surface area contributed by atoms with Crippen molar-refractivity contribution < 1.29 is 22.0 Å². The molecule has 0 unspecified atom stereocenters. The van der Waals surface area contributed by atoms with Gasteiger partial charge in [0.05, 0.1) is 16.6 Å². The number of rotatable bonds is 9. The maximum Gasteiger partial charge on any atom is 0.298 e. The summed E-state index contributed by atoms with van der Waals surface area (Å²) in [4.78, 5) is 14.7. The molecule has 8 nitrogen and oxygen atoms in total. The molecule has 1 saturated heterocycles. The number of piperidine rings is 1. The molecular weight excluding hydrogens is 620 g/mol. The summed E-state index contributed by atoms with van der Waals surface area (Å²) in [6.45, 7) is 1.07. The predicted molar refractivity (Wildman–Crippen MR) is 170 cm³/mol. The van der Waals surface area contributed by atoms with Gasteiger partial charge in [0.2, 0.25) is 15.9 Å². The van der Waals surface area contributed by atoms with Crippen LogP contribution in [0.3, 0.4) is 0 Å². The summed E-state index contributed by atoms with van der Waals surface area (Å²) in [6.07, 6.45) is 7.11. The first-order valence-corrected chi connectivity index (χ1v) is 17.1. The molecule has 12 heteroatoms. The molecule has 1 saturated carbocycles. The number of alkyl halides is 2. The van der Waals surface area contributed by atoms with Crippen molar-refractivity contribution in [2.45, 2.75) is 68.0 Å². The van der Waals surface area contributed by atoms with Crippen LogP contribution in [0.5, 0.6) is 0 Å². The van der Waals surface area contributed by atoms with Crippen molar-refractivity contribution in [2.75, 3.05) is 13.1 Å². The van der Waals surface area contributed by atoms with Gasteiger partial charge in [-0.1, -0.05) is 60.8 Å². The zero-order valence-electron chi connectivity index (χ0n) is 24.7. The van der Waals surface area contributed by atoms with Crippen molar-refractivity contribution in [1.82, 2.24) is 19.4 Å². The number of amides is 1. The van der Waals surface area contributed by atoms with Gasteiger partial charge in [0.25, 0.3) is 5.92 Å². The van der Waals surface area contributed by atoms with Crippen LogP contribution in [0.2, 0.25) is 5.02 Å². The lowest BCUT2D eigenvalue weighted by molar-refractivity contribution is -0.145. The molecule has 3 N–H and O–H groups in total. The van der Waals surface area contributed by atoms with Gasteiger partial charge in [0, 0.05) is 41.6 Å². The highest BCUT2D eigenvalue weighted by Crippen LogP contribution is 2.36. The molecule has 1 aliphatic heterocycles. The van der Waals surface area contributed by atoms with Crippen molar-refractivity contribution in [2.24, 2.45) is 11.7 Å². The summed E-state index contributed by atoms with van der Waals surface area (Å²) < 4.78 is 64.0. The van der Waals surface area contributed by atoms with Crippen LogP contribution in [0.4, 0.5) is 8.78 Å². The van der Waals surface area contributed by atoms with Crippen LogP contribution in [0.15, 0.2) is 77.8 Å². The Morgan fingerprint density at radius 1 is 0.978 bits per heavy atom. The molecule has 4 aromatic rings. The number of hydrogen-bond acceptors (Lipinski definition) is 5. The second kappa shape index (κ2) is 12.8. The number of nitrogens with two attached hydrogens (primary N) is 1. The number of nitrogens with zero attached hydrogens (tertiary/aromatic N) is 3. The summed E-state index contributed by atoms with van der Waals surface area (Å²) in [5.74, 6) is -4.35. The van der Waals surface area contributed by atoms with Crippen molar-refractivity contribution in [1.29, 1.82) is 0 Å². The Morgan fingerprint density at radius 3 is 2.24 bits per heavy atom. The summed E-state index contributed by atoms with van der Waals surface area (Å²) in [6, 6.07) is 14.3. The fraction of sp³-hybridized carbons (Fsp3) is 0.394. The van der Waals surface area contributed by atoms with E-state index in [0.717, 1.165) is 30.5 Å². The first kappa shape index (κ1) is 31.6. The fourth-order valence-electron chi connectivity index (χ4n) is 6.31. The van der Waals surface area contributed by atoms with E-state index in [9.17, 15) is 13.2 Å². The molecule has 1 aliphatic carbocycles. The second-order valence-corrected chi connectivity index (χ2v) is 14.3. The van der Waals surface area contributed by atoms with Crippen LogP contribution in [-0.2, 0) is 27.3 Å². The van der Waals surface area contributed by atoms with Crippen molar-refractivity contribution in [3.05, 3.63) is 83.5 Å². The standard InChI is InChI=1S/C33H36ClF2N5O3S/c34-27-11-7-24(8-12-27)23-5-9-26(10-6-23)33(35,36)31(32(42)40-17-15-28(37)16-18-40)39-45(43,44)29-13-14-30-25(19-29)20-38-41(30)21-22-3-1-2-4-22/h5-14,19-20,22,28,31,39H,1-4,15-18,21,37H2/t31-/m0/s1. The molecule has 1 atom stereocenters. The number of carbonyl (C=O) groups is 1. The van der Waals surface area contributed by atoms with Gasteiger partial charge in [-0.05, 0) is 73.1 Å². The molecule has 0 bridgehead atoms. The Kier molecular flexibility index (Phi) is 8.98. The number of fused-ring (bicyclic) bond motifs is 1. The Morgan fingerprint density at radius 2 is 1.60 bits per heavy atom. The molecule has 2 aliphatic rings. The molecule has 45 heavy (non-hydrogen) atoms. The van der Waals surface area contributed by atoms with E-state index in [0.29, 0.717) is 34.7 Å². The molecule has 2 fully saturated rings. The van der Waals surface area contributed by atoms with Gasteiger partial charge in [-0.2, -0.15) is 18.6 Å². The first-order chi connectivity index (χ1) is 21.5. The van der Waals surface area contributed by atoms with Crippen LogP contribution in [-0.4, -0.2) is 54.2 Å². The summed E-state index contributed by atoms with van der Waals surface area (Å²) in [5.41, 5.74) is 7.70. The summed E-state index contributed by atoms with van der Waals surface area (Å²) >= 11 is 5.98. The van der Waals surface area contributed by atoms with Crippen LogP contribution < -0.4 is 10.5 Å². The van der Waals surface area contributed by atoms with Gasteiger partial charge in [-0.15, -0.1) is 0 Å². The van der Waals surface area contributed by atoms with E-state index in [4.69, 9.17) is 17.3 Å². The van der Waals surface area contributed by atoms with Crippen molar-refractivity contribution in [3.8, 4) is 11.1 Å². The Hall–Kier alpha value is -3.38. The van der Waals surface area contributed by atoms with Gasteiger partial charge in [-0.3, -0.25) is 9.48 Å². The summed E-state index contributed by atoms with van der Waals surface area (Å²) in [7, 11) is -4.56. The number of hydrogen-bond donors (Lipinski definition) is 2. The zero-order valence-corrected chi connectivity index (χ0v) is 26.3. The van der Waals surface area contributed by atoms with E-state index >= 15 is 8.78 Å². The number of benzene rings is 3. The molecule has 238 valence electrons. The van der Waals surface area contributed by atoms with Crippen molar-refractivity contribution >= 4 is 38.4 Å². The van der Waals surface area contributed by atoms with E-state index in [1.807, 2.05) is 4.68 Å². The first-order valence-electron chi connectivity index (χ1n) is 15.3. The topological polar surface area (TPSA) is 110 Å². The highest BCUT2D eigenvalue weighted by atomic mass is 35.5. The number of sulfonamides is 1. The smallest absolute Gasteiger partial charge is 0.298 e. The van der Waals surface area contributed by atoms with Crippen LogP contribution in [0.1, 0.15) is 44.1 Å². The number of likely N-dealkylation sites (tertiary alicyclic amines) is 1. The van der Waals surface area contributed by atoms with Crippen LogP contribution in [0.25, 0.3) is 22.0 Å². The number of halogens is 3. The third-order valence-electron chi connectivity index (χ3n) is 9.01. The molecular formula is C33H36ClF2N5O3S. The minimum absolute atomic E-state index is 0.147. The number of carbonyl (C=O) groups excluding carboxylic acids is 1. The predicted octanol–water partition coefficient (Wildman–Crippen LogP) is 5.94. The van der Waals surface area contributed by atoms with Gasteiger partial charge in [0.15, 0.2) is 6.04 Å². The van der Waals surface area contributed by atoms with Gasteiger partial charge in [0.1, 0.15) is 0 Å². The molecule has 2 heterocycles.